The lowest BCUT2D eigenvalue weighted by molar-refractivity contribution is 0.601. The minimum Gasteiger partial charge on any atom is -0.266 e. The molecule has 1 heterocycles. The fourth-order valence-corrected chi connectivity index (χ4v) is 2.15. The Kier molecular flexibility index (Phi) is 2.80. The predicted molar refractivity (Wildman–Crippen MR) is 61.0 cm³/mol. The third-order valence-electron chi connectivity index (χ3n) is 2.33. The van der Waals surface area contributed by atoms with Gasteiger partial charge in [-0.15, -0.1) is 0 Å². The maximum absolute atomic E-state index is 13.6. The van der Waals surface area contributed by atoms with Crippen LogP contribution in [0, 0.1) is 18.6 Å². The number of halogens is 3. The number of hydrogen-bond donors (Lipinski definition) is 0. The highest BCUT2D eigenvalue weighted by Gasteiger charge is 2.16. The second-order valence-electron chi connectivity index (χ2n) is 3.50. The first kappa shape index (κ1) is 11.3. The van der Waals surface area contributed by atoms with Gasteiger partial charge in [-0.3, -0.25) is 4.68 Å². The Hall–Kier alpha value is -1.23. The van der Waals surface area contributed by atoms with Crippen molar-refractivity contribution < 1.29 is 8.78 Å². The summed E-state index contributed by atoms with van der Waals surface area (Å²) < 4.78 is 28.9. The van der Waals surface area contributed by atoms with Crippen molar-refractivity contribution in [3.8, 4) is 11.3 Å². The highest BCUT2D eigenvalue weighted by molar-refractivity contribution is 9.10. The van der Waals surface area contributed by atoms with Gasteiger partial charge in [-0.25, -0.2) is 8.78 Å². The van der Waals surface area contributed by atoms with Gasteiger partial charge >= 0.3 is 0 Å². The van der Waals surface area contributed by atoms with Gasteiger partial charge in [0.2, 0.25) is 0 Å². The lowest BCUT2D eigenvalue weighted by Crippen LogP contribution is -1.96. The van der Waals surface area contributed by atoms with Crippen molar-refractivity contribution in [1.29, 1.82) is 0 Å². The molecule has 2 nitrogen and oxygen atoms in total. The van der Waals surface area contributed by atoms with E-state index in [1.807, 2.05) is 0 Å². The van der Waals surface area contributed by atoms with Crippen molar-refractivity contribution in [2.45, 2.75) is 6.92 Å². The molecule has 5 heteroatoms. The molecule has 0 aliphatic carbocycles. The van der Waals surface area contributed by atoms with E-state index in [0.29, 0.717) is 10.2 Å². The van der Waals surface area contributed by atoms with E-state index in [4.69, 9.17) is 0 Å². The van der Waals surface area contributed by atoms with Crippen molar-refractivity contribution in [2.75, 3.05) is 0 Å². The lowest BCUT2D eigenvalue weighted by atomic mass is 10.1. The molecule has 0 aliphatic heterocycles. The van der Waals surface area contributed by atoms with E-state index >= 15 is 0 Å². The third-order valence-corrected chi connectivity index (χ3v) is 3.28. The molecule has 0 N–H and O–H groups in total. The summed E-state index contributed by atoms with van der Waals surface area (Å²) in [6.07, 6.45) is 0. The van der Waals surface area contributed by atoms with Gasteiger partial charge in [-0.2, -0.15) is 5.10 Å². The van der Waals surface area contributed by atoms with E-state index in [1.165, 1.54) is 4.68 Å². The summed E-state index contributed by atoms with van der Waals surface area (Å²) >= 11 is 3.32. The minimum absolute atomic E-state index is 0.204. The number of nitrogens with zero attached hydrogens (tertiary/aromatic N) is 2. The molecule has 0 unspecified atom stereocenters. The van der Waals surface area contributed by atoms with Crippen LogP contribution in [0.3, 0.4) is 0 Å². The average molecular weight is 287 g/mol. The van der Waals surface area contributed by atoms with Gasteiger partial charge in [0.1, 0.15) is 11.6 Å². The first-order valence-electron chi connectivity index (χ1n) is 4.65. The van der Waals surface area contributed by atoms with Gasteiger partial charge in [-0.05, 0) is 41.1 Å². The van der Waals surface area contributed by atoms with Crippen LogP contribution in [0.2, 0.25) is 0 Å². The summed E-state index contributed by atoms with van der Waals surface area (Å²) in [6.45, 7) is 1.80. The molecular weight excluding hydrogens is 278 g/mol. The molecule has 1 aromatic carbocycles. The van der Waals surface area contributed by atoms with E-state index in [1.54, 1.807) is 14.0 Å². The van der Waals surface area contributed by atoms with E-state index < -0.39 is 11.6 Å². The molecule has 84 valence electrons. The predicted octanol–water partition coefficient (Wildman–Crippen LogP) is 3.44. The summed E-state index contributed by atoms with van der Waals surface area (Å²) in [6, 6.07) is 3.37. The van der Waals surface area contributed by atoms with Gasteiger partial charge in [-0.1, -0.05) is 0 Å². The summed E-state index contributed by atoms with van der Waals surface area (Å²) in [5.41, 5.74) is 1.48. The lowest BCUT2D eigenvalue weighted by Gasteiger charge is -2.04. The number of hydrogen-bond acceptors (Lipinski definition) is 1. The van der Waals surface area contributed by atoms with E-state index in [9.17, 15) is 8.78 Å². The highest BCUT2D eigenvalue weighted by Crippen LogP contribution is 2.32. The fraction of sp³-hybridized carbons (Fsp3) is 0.182. The molecule has 0 saturated carbocycles. The van der Waals surface area contributed by atoms with Crippen molar-refractivity contribution in [3.63, 3.8) is 0 Å². The Balaban J connectivity index is 2.71. The second kappa shape index (κ2) is 3.97. The van der Waals surface area contributed by atoms with Crippen LogP contribution in [-0.4, -0.2) is 9.78 Å². The zero-order valence-electron chi connectivity index (χ0n) is 8.76. The number of aryl methyl sites for hydroxylation is 2. The Bertz CT molecular complexity index is 549. The minimum atomic E-state index is -0.470. The molecule has 0 atom stereocenters. The van der Waals surface area contributed by atoms with Gasteiger partial charge in [0.15, 0.2) is 0 Å². The highest BCUT2D eigenvalue weighted by atomic mass is 79.9. The van der Waals surface area contributed by atoms with E-state index in [2.05, 4.69) is 21.0 Å². The van der Waals surface area contributed by atoms with E-state index in [0.717, 1.165) is 23.9 Å². The Morgan fingerprint density at radius 1 is 1.31 bits per heavy atom. The van der Waals surface area contributed by atoms with Crippen LogP contribution in [0.4, 0.5) is 8.78 Å². The first-order chi connectivity index (χ1) is 7.50. The van der Waals surface area contributed by atoms with Crippen molar-refractivity contribution >= 4 is 15.9 Å². The monoisotopic (exact) mass is 286 g/mol. The quantitative estimate of drug-likeness (QED) is 0.785. The molecule has 16 heavy (non-hydrogen) atoms. The Labute approximate surface area is 100 Å². The van der Waals surface area contributed by atoms with Crippen LogP contribution in [0.1, 0.15) is 5.69 Å². The van der Waals surface area contributed by atoms with Crippen LogP contribution in [0.25, 0.3) is 11.3 Å². The Morgan fingerprint density at radius 3 is 2.56 bits per heavy atom. The zero-order chi connectivity index (χ0) is 11.9. The van der Waals surface area contributed by atoms with Crippen LogP contribution in [0.15, 0.2) is 22.7 Å². The fourth-order valence-electron chi connectivity index (χ4n) is 1.60. The molecule has 0 spiro atoms. The molecule has 0 fully saturated rings. The largest absolute Gasteiger partial charge is 0.266 e. The van der Waals surface area contributed by atoms with Crippen molar-refractivity contribution in [3.05, 3.63) is 40.0 Å². The van der Waals surface area contributed by atoms with Crippen molar-refractivity contribution in [1.82, 2.24) is 9.78 Å². The summed E-state index contributed by atoms with van der Waals surface area (Å²) in [5.74, 6) is -0.938. The maximum atomic E-state index is 13.6. The van der Waals surface area contributed by atoms with Gasteiger partial charge in [0.05, 0.1) is 15.9 Å². The number of aromatic nitrogens is 2. The smallest absolute Gasteiger partial charge is 0.132 e. The maximum Gasteiger partial charge on any atom is 0.132 e. The zero-order valence-corrected chi connectivity index (χ0v) is 10.3. The summed E-state index contributed by atoms with van der Waals surface area (Å²) in [5, 5.41) is 4.14. The topological polar surface area (TPSA) is 17.8 Å². The van der Waals surface area contributed by atoms with Gasteiger partial charge < -0.3 is 0 Å². The van der Waals surface area contributed by atoms with Crippen LogP contribution in [0.5, 0.6) is 0 Å². The normalized spacial score (nSPS) is 10.8. The molecule has 0 bridgehead atoms. The SMILES string of the molecule is Cc1nn(C)c(-c2cc(F)ccc2F)c1Br. The van der Waals surface area contributed by atoms with Gasteiger partial charge in [0, 0.05) is 12.6 Å². The number of rotatable bonds is 1. The molecule has 0 radical (unpaired) electrons. The standard InChI is InChI=1S/C11H9BrF2N2/c1-6-10(12)11(16(2)15-6)8-5-7(13)3-4-9(8)14/h3-5H,1-2H3. The molecular formula is C11H9BrF2N2. The van der Waals surface area contributed by atoms with Crippen LogP contribution < -0.4 is 0 Å². The van der Waals surface area contributed by atoms with Crippen LogP contribution in [-0.2, 0) is 7.05 Å². The molecule has 1 aromatic heterocycles. The van der Waals surface area contributed by atoms with Crippen molar-refractivity contribution in [2.24, 2.45) is 7.05 Å². The molecule has 2 rings (SSSR count). The third kappa shape index (κ3) is 1.75. The average Bonchev–Trinajstić information content (AvgIpc) is 2.46. The molecule has 2 aromatic rings. The van der Waals surface area contributed by atoms with Gasteiger partial charge in [0.25, 0.3) is 0 Å². The summed E-state index contributed by atoms with van der Waals surface area (Å²) in [7, 11) is 1.69. The van der Waals surface area contributed by atoms with Crippen LogP contribution >= 0.6 is 15.9 Å². The number of benzene rings is 1. The van der Waals surface area contributed by atoms with E-state index in [-0.39, 0.29) is 5.56 Å². The first-order valence-corrected chi connectivity index (χ1v) is 5.44. The molecule has 0 aliphatic rings. The molecule has 0 saturated heterocycles. The second-order valence-corrected chi connectivity index (χ2v) is 4.29. The Morgan fingerprint density at radius 2 is 2.00 bits per heavy atom. The summed E-state index contributed by atoms with van der Waals surface area (Å²) in [4.78, 5) is 0. The molecule has 0 amide bonds.